The molecule has 0 aliphatic carbocycles. The van der Waals surface area contributed by atoms with Gasteiger partial charge in [0.1, 0.15) is 11.6 Å². The topological polar surface area (TPSA) is 58.6 Å². The lowest BCUT2D eigenvalue weighted by molar-refractivity contribution is -0.130. The van der Waals surface area contributed by atoms with Crippen molar-refractivity contribution in [1.82, 2.24) is 19.8 Å². The van der Waals surface area contributed by atoms with Gasteiger partial charge < -0.3 is 9.64 Å². The molecule has 1 saturated heterocycles. The molecule has 174 valence electrons. The van der Waals surface area contributed by atoms with Crippen molar-refractivity contribution in [2.45, 2.75) is 66.8 Å². The first kappa shape index (κ1) is 24.2. The molecule has 1 atom stereocenters. The molecule has 1 aromatic heterocycles. The number of nitrogens with zero attached hydrogens (tertiary/aromatic N) is 4. The number of benzene rings is 1. The highest BCUT2D eigenvalue weighted by Gasteiger charge is 2.28. The molecule has 1 unspecified atom stereocenters. The fourth-order valence-electron chi connectivity index (χ4n) is 4.72. The minimum absolute atomic E-state index is 0.148. The second-order valence-electron chi connectivity index (χ2n) is 8.87. The zero-order chi connectivity index (χ0) is 23.4. The Hall–Kier alpha value is -2.47. The molecule has 0 radical (unpaired) electrons. The molecule has 0 spiro atoms. The fraction of sp³-hybridized carbons (Fsp3) is 0.577. The SMILES string of the molecule is CCN(CC)C(=O)Cc1c(C)nc(C2CCN(Cc3ccc(OC)c(C)c3C)C2)nc1C. The van der Waals surface area contributed by atoms with Gasteiger partial charge in [-0.05, 0) is 77.3 Å². The van der Waals surface area contributed by atoms with Gasteiger partial charge in [-0.15, -0.1) is 0 Å². The Bertz CT molecular complexity index is 946. The van der Waals surface area contributed by atoms with Crippen LogP contribution in [0.1, 0.15) is 65.7 Å². The monoisotopic (exact) mass is 438 g/mol. The molecular weight excluding hydrogens is 400 g/mol. The molecule has 1 aromatic carbocycles. The average molecular weight is 439 g/mol. The number of ether oxygens (including phenoxy) is 1. The third kappa shape index (κ3) is 5.12. The quantitative estimate of drug-likeness (QED) is 0.621. The molecule has 1 aliphatic rings. The fourth-order valence-corrected chi connectivity index (χ4v) is 4.72. The summed E-state index contributed by atoms with van der Waals surface area (Å²) in [7, 11) is 1.72. The average Bonchev–Trinajstić information content (AvgIpc) is 3.23. The summed E-state index contributed by atoms with van der Waals surface area (Å²) in [5, 5.41) is 0. The van der Waals surface area contributed by atoms with Crippen LogP contribution in [0.4, 0.5) is 0 Å². The van der Waals surface area contributed by atoms with Crippen LogP contribution in [-0.2, 0) is 17.8 Å². The lowest BCUT2D eigenvalue weighted by atomic mass is 10.0. The zero-order valence-corrected chi connectivity index (χ0v) is 20.8. The van der Waals surface area contributed by atoms with Crippen molar-refractivity contribution in [3.8, 4) is 5.75 Å². The molecule has 3 rings (SSSR count). The van der Waals surface area contributed by atoms with Crippen LogP contribution in [0.5, 0.6) is 5.75 Å². The minimum Gasteiger partial charge on any atom is -0.496 e. The number of amides is 1. The molecular formula is C26H38N4O2. The Morgan fingerprint density at radius 1 is 1.09 bits per heavy atom. The molecule has 1 amide bonds. The second kappa shape index (κ2) is 10.4. The molecule has 2 aromatic rings. The number of hydrogen-bond donors (Lipinski definition) is 0. The van der Waals surface area contributed by atoms with Crippen LogP contribution < -0.4 is 4.74 Å². The van der Waals surface area contributed by atoms with Crippen LogP contribution in [0.15, 0.2) is 12.1 Å². The maximum Gasteiger partial charge on any atom is 0.227 e. The van der Waals surface area contributed by atoms with Crippen LogP contribution in [0.3, 0.4) is 0 Å². The minimum atomic E-state index is 0.148. The smallest absolute Gasteiger partial charge is 0.227 e. The van der Waals surface area contributed by atoms with E-state index in [2.05, 4.69) is 30.9 Å². The van der Waals surface area contributed by atoms with Crippen molar-refractivity contribution in [3.63, 3.8) is 0 Å². The molecule has 0 saturated carbocycles. The van der Waals surface area contributed by atoms with Crippen molar-refractivity contribution < 1.29 is 9.53 Å². The molecule has 1 aliphatic heterocycles. The molecule has 1 fully saturated rings. The Balaban J connectivity index is 1.70. The summed E-state index contributed by atoms with van der Waals surface area (Å²) in [6.45, 7) is 16.8. The van der Waals surface area contributed by atoms with Gasteiger partial charge in [0, 0.05) is 49.0 Å². The molecule has 6 heteroatoms. The maximum absolute atomic E-state index is 12.6. The maximum atomic E-state index is 12.6. The Labute approximate surface area is 193 Å². The van der Waals surface area contributed by atoms with E-state index >= 15 is 0 Å². The van der Waals surface area contributed by atoms with Gasteiger partial charge in [0.25, 0.3) is 0 Å². The van der Waals surface area contributed by atoms with Crippen molar-refractivity contribution in [3.05, 3.63) is 51.6 Å². The number of carbonyl (C=O) groups is 1. The van der Waals surface area contributed by atoms with E-state index in [9.17, 15) is 4.79 Å². The summed E-state index contributed by atoms with van der Waals surface area (Å²) < 4.78 is 5.45. The lowest BCUT2D eigenvalue weighted by Gasteiger charge is -2.21. The van der Waals surface area contributed by atoms with Crippen LogP contribution in [0, 0.1) is 27.7 Å². The van der Waals surface area contributed by atoms with Gasteiger partial charge in [0.15, 0.2) is 0 Å². The Morgan fingerprint density at radius 2 is 1.75 bits per heavy atom. The van der Waals surface area contributed by atoms with Gasteiger partial charge in [0.2, 0.25) is 5.91 Å². The van der Waals surface area contributed by atoms with Crippen LogP contribution in [0.25, 0.3) is 0 Å². The first-order valence-corrected chi connectivity index (χ1v) is 11.8. The number of hydrogen-bond acceptors (Lipinski definition) is 5. The van der Waals surface area contributed by atoms with Gasteiger partial charge in [-0.2, -0.15) is 0 Å². The van der Waals surface area contributed by atoms with Crippen molar-refractivity contribution in [2.24, 2.45) is 0 Å². The van der Waals surface area contributed by atoms with E-state index < -0.39 is 0 Å². The van der Waals surface area contributed by atoms with E-state index in [1.54, 1.807) is 7.11 Å². The highest BCUT2D eigenvalue weighted by molar-refractivity contribution is 5.79. The summed E-state index contributed by atoms with van der Waals surface area (Å²) in [6, 6.07) is 4.25. The second-order valence-corrected chi connectivity index (χ2v) is 8.87. The number of rotatable bonds is 8. The number of aromatic nitrogens is 2. The van der Waals surface area contributed by atoms with Gasteiger partial charge in [0.05, 0.1) is 13.5 Å². The first-order chi connectivity index (χ1) is 15.3. The largest absolute Gasteiger partial charge is 0.496 e. The Kier molecular flexibility index (Phi) is 7.88. The summed E-state index contributed by atoms with van der Waals surface area (Å²) in [5.41, 5.74) is 6.72. The van der Waals surface area contributed by atoms with E-state index in [1.807, 2.05) is 32.6 Å². The molecule has 2 heterocycles. The summed E-state index contributed by atoms with van der Waals surface area (Å²) >= 11 is 0. The van der Waals surface area contributed by atoms with E-state index in [0.29, 0.717) is 12.3 Å². The molecule has 6 nitrogen and oxygen atoms in total. The summed E-state index contributed by atoms with van der Waals surface area (Å²) in [6.07, 6.45) is 1.44. The van der Waals surface area contributed by atoms with Gasteiger partial charge in [-0.1, -0.05) is 6.07 Å². The standard InChI is InChI=1S/C26H38N4O2/c1-8-30(9-2)25(31)14-23-19(5)27-26(28-20(23)6)22-12-13-29(16-22)15-21-10-11-24(32-7)18(4)17(21)3/h10-11,22H,8-9,12-16H2,1-7H3. The zero-order valence-electron chi connectivity index (χ0n) is 20.8. The third-order valence-corrected chi connectivity index (χ3v) is 6.98. The van der Waals surface area contributed by atoms with Crippen molar-refractivity contribution in [2.75, 3.05) is 33.3 Å². The van der Waals surface area contributed by atoms with Crippen molar-refractivity contribution in [1.29, 1.82) is 0 Å². The summed E-state index contributed by atoms with van der Waals surface area (Å²) in [5.74, 6) is 2.35. The van der Waals surface area contributed by atoms with Gasteiger partial charge in [-0.25, -0.2) is 9.97 Å². The number of carbonyl (C=O) groups excluding carboxylic acids is 1. The predicted octanol–water partition coefficient (Wildman–Crippen LogP) is 4.12. The van der Waals surface area contributed by atoms with E-state index in [4.69, 9.17) is 14.7 Å². The first-order valence-electron chi connectivity index (χ1n) is 11.8. The van der Waals surface area contributed by atoms with Gasteiger partial charge >= 0.3 is 0 Å². The highest BCUT2D eigenvalue weighted by Crippen LogP contribution is 2.30. The Morgan fingerprint density at radius 3 is 2.34 bits per heavy atom. The normalized spacial score (nSPS) is 16.4. The van der Waals surface area contributed by atoms with E-state index in [1.165, 1.54) is 16.7 Å². The number of methoxy groups -OCH3 is 1. The van der Waals surface area contributed by atoms with Gasteiger partial charge in [-0.3, -0.25) is 9.69 Å². The predicted molar refractivity (Wildman–Crippen MR) is 128 cm³/mol. The number of likely N-dealkylation sites (tertiary alicyclic amines) is 1. The highest BCUT2D eigenvalue weighted by atomic mass is 16.5. The number of likely N-dealkylation sites (N-methyl/N-ethyl adjacent to an activating group) is 1. The van der Waals surface area contributed by atoms with Crippen LogP contribution in [0.2, 0.25) is 0 Å². The van der Waals surface area contributed by atoms with Crippen LogP contribution >= 0.6 is 0 Å². The third-order valence-electron chi connectivity index (χ3n) is 6.98. The molecule has 32 heavy (non-hydrogen) atoms. The molecule has 0 bridgehead atoms. The van der Waals surface area contributed by atoms with E-state index in [0.717, 1.165) is 67.7 Å². The number of aryl methyl sites for hydroxylation is 2. The van der Waals surface area contributed by atoms with Crippen molar-refractivity contribution >= 4 is 5.91 Å². The van der Waals surface area contributed by atoms with E-state index in [-0.39, 0.29) is 5.91 Å². The lowest BCUT2D eigenvalue weighted by Crippen LogP contribution is -2.32. The van der Waals surface area contributed by atoms with Crippen LogP contribution in [-0.4, -0.2) is 59.0 Å². The molecule has 0 N–H and O–H groups in total. The summed E-state index contributed by atoms with van der Waals surface area (Å²) in [4.78, 5) is 26.6.